The minimum Gasteiger partial charge on any atom is -0.424 e. The molecule has 1 N–H and O–H groups in total. The van der Waals surface area contributed by atoms with Crippen molar-refractivity contribution in [3.63, 3.8) is 0 Å². The Balaban J connectivity index is 1.37. The Morgan fingerprint density at radius 2 is 2.04 bits per heavy atom. The predicted octanol–water partition coefficient (Wildman–Crippen LogP) is 1.66. The van der Waals surface area contributed by atoms with Gasteiger partial charge in [-0.1, -0.05) is 30.3 Å². The Labute approximate surface area is 145 Å². The highest BCUT2D eigenvalue weighted by molar-refractivity contribution is 5.17. The van der Waals surface area contributed by atoms with Gasteiger partial charge >= 0.3 is 0 Å². The number of aryl methyl sites for hydroxylation is 1. The second kappa shape index (κ2) is 7.12. The molecule has 1 unspecified atom stereocenters. The molecule has 0 spiro atoms. The predicted molar refractivity (Wildman–Crippen MR) is 88.6 cm³/mol. The topological polar surface area (TPSA) is 93.0 Å². The third kappa shape index (κ3) is 3.92. The van der Waals surface area contributed by atoms with E-state index in [2.05, 4.69) is 42.4 Å². The molecule has 2 aromatic heterocycles. The van der Waals surface area contributed by atoms with Crippen molar-refractivity contribution in [1.82, 2.24) is 30.3 Å². The normalized spacial score (nSPS) is 18.5. The standard InChI is InChI=1S/C17H20N6O2/c1-12-18-17(22-19-12)14-10-23(7-8-24-14)11-16-21-20-15(25-16)9-13-5-3-2-4-6-13/h2-6,14H,7-11H2,1H3,(H,18,19,22). The maximum atomic E-state index is 5.79. The Bertz CT molecular complexity index is 815. The van der Waals surface area contributed by atoms with Crippen LogP contribution < -0.4 is 0 Å². The van der Waals surface area contributed by atoms with E-state index in [1.54, 1.807) is 0 Å². The van der Waals surface area contributed by atoms with Gasteiger partial charge in [0.05, 0.1) is 19.6 Å². The Hall–Kier alpha value is -2.58. The zero-order chi connectivity index (χ0) is 17.1. The first-order valence-electron chi connectivity index (χ1n) is 8.34. The van der Waals surface area contributed by atoms with Crippen LogP contribution in [0.4, 0.5) is 0 Å². The van der Waals surface area contributed by atoms with E-state index in [4.69, 9.17) is 9.15 Å². The fourth-order valence-electron chi connectivity index (χ4n) is 2.89. The molecular weight excluding hydrogens is 320 g/mol. The summed E-state index contributed by atoms with van der Waals surface area (Å²) in [6.07, 6.45) is 0.515. The van der Waals surface area contributed by atoms with Gasteiger partial charge in [0.15, 0.2) is 5.82 Å². The molecule has 3 heterocycles. The van der Waals surface area contributed by atoms with E-state index in [9.17, 15) is 0 Å². The zero-order valence-electron chi connectivity index (χ0n) is 14.1. The molecule has 130 valence electrons. The van der Waals surface area contributed by atoms with Crippen LogP contribution in [-0.4, -0.2) is 50.0 Å². The van der Waals surface area contributed by atoms with Crippen LogP contribution in [0.2, 0.25) is 0 Å². The molecule has 8 heteroatoms. The van der Waals surface area contributed by atoms with Crippen molar-refractivity contribution in [2.75, 3.05) is 19.7 Å². The van der Waals surface area contributed by atoms with Crippen LogP contribution in [0.25, 0.3) is 0 Å². The van der Waals surface area contributed by atoms with E-state index in [-0.39, 0.29) is 6.10 Å². The highest BCUT2D eigenvalue weighted by Gasteiger charge is 2.26. The van der Waals surface area contributed by atoms with E-state index < -0.39 is 0 Å². The number of aromatic amines is 1. The van der Waals surface area contributed by atoms with Gasteiger partial charge in [0.1, 0.15) is 11.9 Å². The summed E-state index contributed by atoms with van der Waals surface area (Å²) >= 11 is 0. The lowest BCUT2D eigenvalue weighted by Crippen LogP contribution is -2.38. The van der Waals surface area contributed by atoms with Crippen LogP contribution in [0.1, 0.15) is 35.1 Å². The smallest absolute Gasteiger partial charge is 0.230 e. The van der Waals surface area contributed by atoms with Crippen LogP contribution in [0, 0.1) is 6.92 Å². The van der Waals surface area contributed by atoms with E-state index in [0.717, 1.165) is 17.9 Å². The van der Waals surface area contributed by atoms with E-state index >= 15 is 0 Å². The molecule has 0 amide bonds. The lowest BCUT2D eigenvalue weighted by atomic mass is 10.2. The molecular formula is C17H20N6O2. The van der Waals surface area contributed by atoms with Crippen molar-refractivity contribution in [3.05, 3.63) is 59.3 Å². The minimum atomic E-state index is -0.134. The number of hydrogen-bond donors (Lipinski definition) is 1. The third-order valence-corrected chi connectivity index (χ3v) is 4.12. The Morgan fingerprint density at radius 1 is 1.20 bits per heavy atom. The summed E-state index contributed by atoms with van der Waals surface area (Å²) in [6.45, 7) is 4.63. The van der Waals surface area contributed by atoms with Crippen molar-refractivity contribution < 1.29 is 9.15 Å². The van der Waals surface area contributed by atoms with E-state index in [1.165, 1.54) is 0 Å². The molecule has 4 rings (SSSR count). The number of aromatic nitrogens is 5. The lowest BCUT2D eigenvalue weighted by Gasteiger charge is -2.30. The first-order chi connectivity index (χ1) is 12.3. The number of H-pyrrole nitrogens is 1. The van der Waals surface area contributed by atoms with Gasteiger partial charge in [0.25, 0.3) is 0 Å². The molecule has 0 saturated carbocycles. The maximum absolute atomic E-state index is 5.79. The number of benzene rings is 1. The second-order valence-corrected chi connectivity index (χ2v) is 6.13. The largest absolute Gasteiger partial charge is 0.424 e. The van der Waals surface area contributed by atoms with E-state index in [1.807, 2.05) is 25.1 Å². The van der Waals surface area contributed by atoms with Crippen LogP contribution in [0.3, 0.4) is 0 Å². The van der Waals surface area contributed by atoms with Crippen molar-refractivity contribution in [2.24, 2.45) is 0 Å². The molecule has 0 radical (unpaired) electrons. The number of ether oxygens (including phenoxy) is 1. The summed E-state index contributed by atoms with van der Waals surface area (Å²) in [5, 5.41) is 15.4. The number of morpholine rings is 1. The third-order valence-electron chi connectivity index (χ3n) is 4.12. The number of rotatable bonds is 5. The van der Waals surface area contributed by atoms with Crippen molar-refractivity contribution >= 4 is 0 Å². The number of hydrogen-bond acceptors (Lipinski definition) is 7. The maximum Gasteiger partial charge on any atom is 0.230 e. The van der Waals surface area contributed by atoms with Crippen LogP contribution in [0.15, 0.2) is 34.7 Å². The van der Waals surface area contributed by atoms with Gasteiger partial charge in [-0.3, -0.25) is 10.00 Å². The van der Waals surface area contributed by atoms with Crippen LogP contribution >= 0.6 is 0 Å². The summed E-state index contributed by atoms with van der Waals surface area (Å²) < 4.78 is 11.6. The van der Waals surface area contributed by atoms with E-state index in [0.29, 0.717) is 43.7 Å². The fraction of sp³-hybridized carbons (Fsp3) is 0.412. The first-order valence-corrected chi connectivity index (χ1v) is 8.34. The highest BCUT2D eigenvalue weighted by Crippen LogP contribution is 2.20. The molecule has 1 aliphatic heterocycles. The second-order valence-electron chi connectivity index (χ2n) is 6.13. The molecule has 8 nitrogen and oxygen atoms in total. The number of nitrogens with one attached hydrogen (secondary N) is 1. The molecule has 1 aromatic carbocycles. The average Bonchev–Trinajstić information content (AvgIpc) is 3.25. The van der Waals surface area contributed by atoms with Gasteiger partial charge in [-0.25, -0.2) is 4.98 Å². The fourth-order valence-corrected chi connectivity index (χ4v) is 2.89. The Morgan fingerprint density at radius 3 is 2.84 bits per heavy atom. The number of nitrogens with zero attached hydrogens (tertiary/aromatic N) is 5. The summed E-state index contributed by atoms with van der Waals surface area (Å²) in [7, 11) is 0. The summed E-state index contributed by atoms with van der Waals surface area (Å²) in [4.78, 5) is 6.58. The zero-order valence-corrected chi connectivity index (χ0v) is 14.1. The monoisotopic (exact) mass is 340 g/mol. The van der Waals surface area contributed by atoms with Gasteiger partial charge in [-0.2, -0.15) is 5.10 Å². The molecule has 0 aliphatic carbocycles. The van der Waals surface area contributed by atoms with Crippen molar-refractivity contribution in [2.45, 2.75) is 26.0 Å². The lowest BCUT2D eigenvalue weighted by molar-refractivity contribution is -0.0393. The molecule has 1 fully saturated rings. The minimum absolute atomic E-state index is 0.134. The average molecular weight is 340 g/mol. The quantitative estimate of drug-likeness (QED) is 0.755. The first kappa shape index (κ1) is 15.9. The van der Waals surface area contributed by atoms with Gasteiger partial charge < -0.3 is 9.15 Å². The van der Waals surface area contributed by atoms with Gasteiger partial charge in [-0.15, -0.1) is 10.2 Å². The van der Waals surface area contributed by atoms with Crippen molar-refractivity contribution in [1.29, 1.82) is 0 Å². The molecule has 25 heavy (non-hydrogen) atoms. The molecule has 1 saturated heterocycles. The highest BCUT2D eigenvalue weighted by atomic mass is 16.5. The van der Waals surface area contributed by atoms with Crippen molar-refractivity contribution in [3.8, 4) is 0 Å². The van der Waals surface area contributed by atoms with Gasteiger partial charge in [0.2, 0.25) is 11.8 Å². The summed E-state index contributed by atoms with van der Waals surface area (Å²) in [5.41, 5.74) is 1.16. The van der Waals surface area contributed by atoms with Crippen LogP contribution in [-0.2, 0) is 17.7 Å². The summed E-state index contributed by atoms with van der Waals surface area (Å²) in [5.74, 6) is 2.74. The SMILES string of the molecule is Cc1nc(C2CN(Cc3nnc(Cc4ccccc4)o3)CCO2)n[nH]1. The molecule has 3 aromatic rings. The van der Waals surface area contributed by atoms with Gasteiger partial charge in [0, 0.05) is 13.1 Å². The molecule has 0 bridgehead atoms. The molecule has 1 atom stereocenters. The molecule has 1 aliphatic rings. The van der Waals surface area contributed by atoms with Gasteiger partial charge in [-0.05, 0) is 12.5 Å². The summed E-state index contributed by atoms with van der Waals surface area (Å²) in [6, 6.07) is 10.1. The Kier molecular flexibility index (Phi) is 4.53. The van der Waals surface area contributed by atoms with Crippen LogP contribution in [0.5, 0.6) is 0 Å².